The molecule has 3 aromatic carbocycles. The van der Waals surface area contributed by atoms with Crippen LogP contribution in [0.15, 0.2) is 68.5 Å². The van der Waals surface area contributed by atoms with E-state index in [1.165, 1.54) is 5.39 Å². The van der Waals surface area contributed by atoms with E-state index in [0.717, 1.165) is 31.4 Å². The van der Waals surface area contributed by atoms with E-state index in [4.69, 9.17) is 4.74 Å². The fourth-order valence-corrected chi connectivity index (χ4v) is 2.95. The first-order chi connectivity index (χ1) is 10.7. The number of fused-ring (bicyclic) bond motifs is 1. The molecule has 0 aliphatic rings. The molecule has 0 saturated carbocycles. The molecule has 0 aliphatic heterocycles. The maximum Gasteiger partial charge on any atom is 0.137 e. The quantitative estimate of drug-likeness (QED) is 0.463. The SMILES string of the molecule is C/N=C/c1ccc(Br)cc1Oc1ccc2cc(Br)ccc2c1. The molecule has 4 heteroatoms. The van der Waals surface area contributed by atoms with Gasteiger partial charge in [-0.25, -0.2) is 0 Å². The average molecular weight is 419 g/mol. The van der Waals surface area contributed by atoms with Crippen molar-refractivity contribution in [3.8, 4) is 11.5 Å². The summed E-state index contributed by atoms with van der Waals surface area (Å²) in [5.41, 5.74) is 0.946. The molecule has 22 heavy (non-hydrogen) atoms. The number of hydrogen-bond acceptors (Lipinski definition) is 2. The van der Waals surface area contributed by atoms with Gasteiger partial charge in [0.05, 0.1) is 0 Å². The molecule has 0 unspecified atom stereocenters. The van der Waals surface area contributed by atoms with Gasteiger partial charge in [-0.3, -0.25) is 4.99 Å². The van der Waals surface area contributed by atoms with E-state index in [1.54, 1.807) is 13.3 Å². The van der Waals surface area contributed by atoms with Crippen molar-refractivity contribution in [2.24, 2.45) is 4.99 Å². The third kappa shape index (κ3) is 3.39. The molecule has 0 atom stereocenters. The normalized spacial score (nSPS) is 11.2. The van der Waals surface area contributed by atoms with Gasteiger partial charge in [-0.2, -0.15) is 0 Å². The van der Waals surface area contributed by atoms with Crippen LogP contribution in [-0.2, 0) is 0 Å². The Morgan fingerprint density at radius 3 is 2.36 bits per heavy atom. The smallest absolute Gasteiger partial charge is 0.137 e. The van der Waals surface area contributed by atoms with Crippen molar-refractivity contribution >= 4 is 48.8 Å². The Kier molecular flexibility index (Phi) is 4.60. The highest BCUT2D eigenvalue weighted by Crippen LogP contribution is 2.30. The molecule has 0 aliphatic carbocycles. The average Bonchev–Trinajstić information content (AvgIpc) is 2.50. The topological polar surface area (TPSA) is 21.6 Å². The largest absolute Gasteiger partial charge is 0.457 e. The summed E-state index contributed by atoms with van der Waals surface area (Å²) in [5, 5.41) is 2.31. The third-order valence-corrected chi connectivity index (χ3v) is 4.23. The molecule has 0 bridgehead atoms. The number of aliphatic imine (C=N–C) groups is 1. The minimum absolute atomic E-state index is 0.774. The van der Waals surface area contributed by atoms with Gasteiger partial charge in [0.1, 0.15) is 11.5 Å². The lowest BCUT2D eigenvalue weighted by atomic mass is 10.1. The van der Waals surface area contributed by atoms with E-state index >= 15 is 0 Å². The van der Waals surface area contributed by atoms with Gasteiger partial charge in [0, 0.05) is 27.8 Å². The molecule has 0 amide bonds. The minimum Gasteiger partial charge on any atom is -0.457 e. The number of benzene rings is 3. The highest BCUT2D eigenvalue weighted by Gasteiger charge is 2.05. The summed E-state index contributed by atoms with van der Waals surface area (Å²) in [6.45, 7) is 0. The first-order valence-corrected chi connectivity index (χ1v) is 8.33. The molecule has 0 aromatic heterocycles. The van der Waals surface area contributed by atoms with Crippen LogP contribution in [0, 0.1) is 0 Å². The molecule has 0 N–H and O–H groups in total. The summed E-state index contributed by atoms with van der Waals surface area (Å²) in [6.07, 6.45) is 1.79. The lowest BCUT2D eigenvalue weighted by molar-refractivity contribution is 0.482. The van der Waals surface area contributed by atoms with Crippen molar-refractivity contribution < 1.29 is 4.74 Å². The first kappa shape index (κ1) is 15.3. The Morgan fingerprint density at radius 2 is 1.55 bits per heavy atom. The van der Waals surface area contributed by atoms with Gasteiger partial charge in [0.25, 0.3) is 0 Å². The number of ether oxygens (including phenoxy) is 1. The van der Waals surface area contributed by atoms with E-state index in [-0.39, 0.29) is 0 Å². The first-order valence-electron chi connectivity index (χ1n) is 6.74. The molecule has 3 aromatic rings. The molecule has 3 rings (SSSR count). The van der Waals surface area contributed by atoms with Gasteiger partial charge < -0.3 is 4.74 Å². The van der Waals surface area contributed by atoms with E-state index in [1.807, 2.05) is 36.4 Å². The van der Waals surface area contributed by atoms with Crippen LogP contribution in [0.4, 0.5) is 0 Å². The molecular weight excluding hydrogens is 406 g/mol. The molecule has 110 valence electrons. The van der Waals surface area contributed by atoms with Crippen molar-refractivity contribution in [1.82, 2.24) is 0 Å². The van der Waals surface area contributed by atoms with Crippen LogP contribution in [-0.4, -0.2) is 13.3 Å². The van der Waals surface area contributed by atoms with E-state index in [2.05, 4.69) is 55.1 Å². The third-order valence-electron chi connectivity index (χ3n) is 3.25. The summed E-state index contributed by atoms with van der Waals surface area (Å²) in [7, 11) is 1.75. The standard InChI is InChI=1S/C18H13Br2NO/c1-21-11-14-3-6-16(20)10-18(14)22-17-7-4-12-8-15(19)5-2-13(12)9-17/h2-11H,1H3/b21-11+. The maximum atomic E-state index is 6.05. The predicted octanol–water partition coefficient (Wildman–Crippen LogP) is 6.21. The van der Waals surface area contributed by atoms with Gasteiger partial charge in [-0.1, -0.05) is 44.0 Å². The van der Waals surface area contributed by atoms with Crippen LogP contribution in [0.1, 0.15) is 5.56 Å². The Hall–Kier alpha value is -1.65. The highest BCUT2D eigenvalue weighted by molar-refractivity contribution is 9.10. The number of halogens is 2. The number of hydrogen-bond donors (Lipinski definition) is 0. The summed E-state index contributed by atoms with van der Waals surface area (Å²) in [6, 6.07) is 18.2. The molecule has 2 nitrogen and oxygen atoms in total. The van der Waals surface area contributed by atoms with Gasteiger partial charge in [-0.05, 0) is 53.2 Å². The molecular formula is C18H13Br2NO. The van der Waals surface area contributed by atoms with Crippen LogP contribution < -0.4 is 4.74 Å². The second-order valence-corrected chi connectivity index (χ2v) is 6.66. The lowest BCUT2D eigenvalue weighted by Crippen LogP contribution is -1.91. The fraction of sp³-hybridized carbons (Fsp3) is 0.0556. The summed E-state index contributed by atoms with van der Waals surface area (Å²) < 4.78 is 8.09. The minimum atomic E-state index is 0.774. The highest BCUT2D eigenvalue weighted by atomic mass is 79.9. The zero-order chi connectivity index (χ0) is 15.5. The molecule has 0 spiro atoms. The Balaban J connectivity index is 1.99. The molecule has 0 heterocycles. The lowest BCUT2D eigenvalue weighted by Gasteiger charge is -2.10. The fourth-order valence-electron chi connectivity index (χ4n) is 2.23. The van der Waals surface area contributed by atoms with E-state index in [9.17, 15) is 0 Å². The Labute approximate surface area is 146 Å². The van der Waals surface area contributed by atoms with Crippen molar-refractivity contribution in [1.29, 1.82) is 0 Å². The van der Waals surface area contributed by atoms with Crippen molar-refractivity contribution in [2.45, 2.75) is 0 Å². The predicted molar refractivity (Wildman–Crippen MR) is 99.4 cm³/mol. The van der Waals surface area contributed by atoms with Crippen molar-refractivity contribution in [2.75, 3.05) is 7.05 Å². The van der Waals surface area contributed by atoms with Crippen LogP contribution in [0.2, 0.25) is 0 Å². The summed E-state index contributed by atoms with van der Waals surface area (Å²) in [5.74, 6) is 1.58. The number of nitrogens with zero attached hydrogens (tertiary/aromatic N) is 1. The van der Waals surface area contributed by atoms with E-state index in [0.29, 0.717) is 0 Å². The monoisotopic (exact) mass is 417 g/mol. The van der Waals surface area contributed by atoms with Crippen molar-refractivity contribution in [3.05, 3.63) is 69.1 Å². The van der Waals surface area contributed by atoms with Gasteiger partial charge in [-0.15, -0.1) is 0 Å². The molecule has 0 fully saturated rings. The second kappa shape index (κ2) is 6.63. The Morgan fingerprint density at radius 1 is 0.864 bits per heavy atom. The Bertz CT molecular complexity index is 859. The van der Waals surface area contributed by atoms with Gasteiger partial charge in [0.2, 0.25) is 0 Å². The summed E-state index contributed by atoms with van der Waals surface area (Å²) in [4.78, 5) is 4.07. The van der Waals surface area contributed by atoms with Crippen LogP contribution >= 0.6 is 31.9 Å². The maximum absolute atomic E-state index is 6.05. The second-order valence-electron chi connectivity index (χ2n) is 4.82. The molecule has 0 saturated heterocycles. The van der Waals surface area contributed by atoms with Crippen LogP contribution in [0.5, 0.6) is 11.5 Å². The molecule has 0 radical (unpaired) electrons. The number of rotatable bonds is 3. The zero-order valence-electron chi connectivity index (χ0n) is 11.9. The van der Waals surface area contributed by atoms with Crippen molar-refractivity contribution in [3.63, 3.8) is 0 Å². The van der Waals surface area contributed by atoms with Gasteiger partial charge >= 0.3 is 0 Å². The van der Waals surface area contributed by atoms with Gasteiger partial charge in [0.15, 0.2) is 0 Å². The summed E-state index contributed by atoms with van der Waals surface area (Å²) >= 11 is 6.97. The van der Waals surface area contributed by atoms with E-state index < -0.39 is 0 Å². The van der Waals surface area contributed by atoms with Crippen LogP contribution in [0.25, 0.3) is 10.8 Å². The zero-order valence-corrected chi connectivity index (χ0v) is 15.1. The van der Waals surface area contributed by atoms with Crippen LogP contribution in [0.3, 0.4) is 0 Å².